The van der Waals surface area contributed by atoms with Crippen LogP contribution in [0.4, 0.5) is 5.69 Å². The van der Waals surface area contributed by atoms with Gasteiger partial charge in [-0.3, -0.25) is 19.8 Å². The number of hydrogen-bond donors (Lipinski definition) is 0. The Morgan fingerprint density at radius 3 is 2.57 bits per heavy atom. The van der Waals surface area contributed by atoms with Gasteiger partial charge in [0.25, 0.3) is 11.6 Å². The lowest BCUT2D eigenvalue weighted by Crippen LogP contribution is -2.26. The van der Waals surface area contributed by atoms with Crippen LogP contribution in [-0.4, -0.2) is 39.8 Å². The van der Waals surface area contributed by atoms with Crippen LogP contribution in [0.5, 0.6) is 5.75 Å². The van der Waals surface area contributed by atoms with Crippen molar-refractivity contribution in [3.05, 3.63) is 73.9 Å². The largest absolute Gasteiger partial charge is 0.488 e. The van der Waals surface area contributed by atoms with Gasteiger partial charge >= 0.3 is 0 Å². The van der Waals surface area contributed by atoms with Gasteiger partial charge in [0.2, 0.25) is 0 Å². The summed E-state index contributed by atoms with van der Waals surface area (Å²) in [5, 5.41) is 11.3. The molecule has 9 heteroatoms. The number of nitro groups is 1. The Labute approximate surface area is 175 Å². The average Bonchev–Trinajstić information content (AvgIpc) is 2.85. The van der Waals surface area contributed by atoms with Crippen LogP contribution in [0.2, 0.25) is 0 Å². The molecule has 0 aromatic heterocycles. The quantitative estimate of drug-likeness (QED) is 0.290. The predicted octanol–water partition coefficient (Wildman–Crippen LogP) is 3.97. The molecular formula is C19H16BrN3O4S. The number of thiocarbonyl (C=S) groups is 1. The van der Waals surface area contributed by atoms with Gasteiger partial charge in [0.1, 0.15) is 18.1 Å². The first-order valence-corrected chi connectivity index (χ1v) is 9.41. The van der Waals surface area contributed by atoms with Gasteiger partial charge in [-0.1, -0.05) is 18.2 Å². The summed E-state index contributed by atoms with van der Waals surface area (Å²) in [6.45, 7) is 0.195. The topological polar surface area (TPSA) is 75.9 Å². The third kappa shape index (κ3) is 4.05. The monoisotopic (exact) mass is 461 g/mol. The third-order valence-electron chi connectivity index (χ3n) is 4.23. The minimum absolute atomic E-state index is 0.0235. The molecule has 0 aliphatic carbocycles. The van der Waals surface area contributed by atoms with E-state index in [2.05, 4.69) is 15.9 Å². The average molecular weight is 462 g/mol. The molecule has 1 heterocycles. The zero-order valence-electron chi connectivity index (χ0n) is 15.1. The van der Waals surface area contributed by atoms with Gasteiger partial charge in [-0.05, 0) is 57.5 Å². The second kappa shape index (κ2) is 8.07. The number of likely N-dealkylation sites (N-methyl/N-ethyl adjacent to an activating group) is 2. The fourth-order valence-electron chi connectivity index (χ4n) is 2.69. The third-order valence-corrected chi connectivity index (χ3v) is 5.40. The molecule has 0 radical (unpaired) electrons. The Kier molecular flexibility index (Phi) is 5.76. The van der Waals surface area contributed by atoms with Gasteiger partial charge < -0.3 is 9.64 Å². The molecule has 28 heavy (non-hydrogen) atoms. The van der Waals surface area contributed by atoms with E-state index in [0.717, 1.165) is 5.56 Å². The number of carbonyl (C=O) groups excluding carboxylic acids is 1. The van der Waals surface area contributed by atoms with Crippen molar-refractivity contribution in [2.24, 2.45) is 0 Å². The first kappa shape index (κ1) is 20.0. The van der Waals surface area contributed by atoms with Crippen molar-refractivity contribution in [1.29, 1.82) is 0 Å². The first-order chi connectivity index (χ1) is 13.3. The lowest BCUT2D eigenvalue weighted by molar-refractivity contribution is -0.384. The number of halogens is 1. The van der Waals surface area contributed by atoms with Crippen LogP contribution in [0.15, 0.2) is 52.6 Å². The second-order valence-corrected chi connectivity index (χ2v) is 7.36. The maximum Gasteiger partial charge on any atom is 0.276 e. The molecule has 0 unspecified atom stereocenters. The predicted molar refractivity (Wildman–Crippen MR) is 113 cm³/mol. The van der Waals surface area contributed by atoms with E-state index in [-0.39, 0.29) is 18.2 Å². The number of ether oxygens (including phenoxy) is 1. The van der Waals surface area contributed by atoms with E-state index in [1.54, 1.807) is 43.3 Å². The Bertz CT molecular complexity index is 1010. The van der Waals surface area contributed by atoms with Crippen LogP contribution in [0, 0.1) is 10.1 Å². The van der Waals surface area contributed by atoms with Gasteiger partial charge in [-0.25, -0.2) is 0 Å². The molecule has 1 amide bonds. The molecule has 7 nitrogen and oxygen atoms in total. The number of nitro benzene ring substituents is 1. The molecule has 1 fully saturated rings. The fourth-order valence-corrected chi connectivity index (χ4v) is 3.38. The van der Waals surface area contributed by atoms with Crippen molar-refractivity contribution in [2.75, 3.05) is 14.1 Å². The SMILES string of the molecule is CN1C(=O)/C(=C/c2ccc(OCc3cccc([N+](=O)[O-])c3)c(Br)c2)N(C)C1=S. The second-order valence-electron chi connectivity index (χ2n) is 6.14. The van der Waals surface area contributed by atoms with Gasteiger partial charge in [-0.2, -0.15) is 0 Å². The highest BCUT2D eigenvalue weighted by molar-refractivity contribution is 9.10. The molecule has 0 spiro atoms. The first-order valence-electron chi connectivity index (χ1n) is 8.21. The molecule has 2 aromatic carbocycles. The Morgan fingerprint density at radius 1 is 1.21 bits per heavy atom. The summed E-state index contributed by atoms with van der Waals surface area (Å²) in [7, 11) is 3.39. The molecule has 0 N–H and O–H groups in total. The fraction of sp³-hybridized carbons (Fsp3) is 0.158. The molecule has 1 aliphatic rings. The van der Waals surface area contributed by atoms with E-state index >= 15 is 0 Å². The molecule has 1 saturated heterocycles. The normalized spacial score (nSPS) is 15.5. The molecule has 2 aromatic rings. The smallest absolute Gasteiger partial charge is 0.276 e. The molecule has 0 bridgehead atoms. The zero-order chi connectivity index (χ0) is 20.4. The van der Waals surface area contributed by atoms with Crippen LogP contribution in [0.3, 0.4) is 0 Å². The number of carbonyl (C=O) groups is 1. The number of non-ortho nitro benzene ring substituents is 1. The maximum absolute atomic E-state index is 12.3. The molecule has 1 aliphatic heterocycles. The summed E-state index contributed by atoms with van der Waals surface area (Å²) in [6, 6.07) is 11.7. The van der Waals surface area contributed by atoms with Crippen molar-refractivity contribution in [1.82, 2.24) is 9.80 Å². The van der Waals surface area contributed by atoms with Gasteiger partial charge in [0.05, 0.1) is 9.40 Å². The molecular weight excluding hydrogens is 446 g/mol. The Hall–Kier alpha value is -2.78. The van der Waals surface area contributed by atoms with Crippen molar-refractivity contribution >= 4 is 50.9 Å². The highest BCUT2D eigenvalue weighted by Crippen LogP contribution is 2.29. The highest BCUT2D eigenvalue weighted by Gasteiger charge is 2.32. The van der Waals surface area contributed by atoms with Crippen LogP contribution < -0.4 is 4.74 Å². The molecule has 0 atom stereocenters. The van der Waals surface area contributed by atoms with Crippen molar-refractivity contribution in [3.63, 3.8) is 0 Å². The number of nitrogens with zero attached hydrogens (tertiary/aromatic N) is 3. The summed E-state index contributed by atoms with van der Waals surface area (Å²) in [5.74, 6) is 0.432. The van der Waals surface area contributed by atoms with Gasteiger partial charge in [0.15, 0.2) is 5.11 Å². The van der Waals surface area contributed by atoms with E-state index in [1.807, 2.05) is 12.1 Å². The minimum Gasteiger partial charge on any atom is -0.488 e. The van der Waals surface area contributed by atoms with Gasteiger partial charge in [0, 0.05) is 26.2 Å². The summed E-state index contributed by atoms with van der Waals surface area (Å²) >= 11 is 8.67. The summed E-state index contributed by atoms with van der Waals surface area (Å²) in [6.07, 6.45) is 1.76. The van der Waals surface area contributed by atoms with Crippen LogP contribution >= 0.6 is 28.1 Å². The number of benzene rings is 2. The van der Waals surface area contributed by atoms with Crippen molar-refractivity contribution < 1.29 is 14.5 Å². The maximum atomic E-state index is 12.3. The lowest BCUT2D eigenvalue weighted by Gasteiger charge is -2.12. The van der Waals surface area contributed by atoms with Crippen molar-refractivity contribution in [3.8, 4) is 5.75 Å². The Balaban J connectivity index is 1.75. The van der Waals surface area contributed by atoms with Gasteiger partial charge in [-0.15, -0.1) is 0 Å². The van der Waals surface area contributed by atoms with Crippen molar-refractivity contribution in [2.45, 2.75) is 6.61 Å². The van der Waals surface area contributed by atoms with Crippen LogP contribution in [0.1, 0.15) is 11.1 Å². The molecule has 3 rings (SSSR count). The number of rotatable bonds is 5. The standard InChI is InChI=1S/C19H16BrN3O4S/c1-21-16(18(24)22(2)19(21)28)10-12-6-7-17(15(20)9-12)27-11-13-4-3-5-14(8-13)23(25)26/h3-10H,11H2,1-2H3/b16-10-. The van der Waals surface area contributed by atoms with E-state index < -0.39 is 4.92 Å². The number of hydrogen-bond acceptors (Lipinski definition) is 5. The Morgan fingerprint density at radius 2 is 1.96 bits per heavy atom. The van der Waals surface area contributed by atoms with Crippen LogP contribution in [0.25, 0.3) is 6.08 Å². The summed E-state index contributed by atoms with van der Waals surface area (Å²) < 4.78 is 6.47. The molecule has 0 saturated carbocycles. The van der Waals surface area contributed by atoms with Crippen LogP contribution in [-0.2, 0) is 11.4 Å². The highest BCUT2D eigenvalue weighted by atomic mass is 79.9. The minimum atomic E-state index is -0.438. The van der Waals surface area contributed by atoms with E-state index in [1.165, 1.54) is 17.0 Å². The summed E-state index contributed by atoms with van der Waals surface area (Å²) in [5.41, 5.74) is 2.02. The number of amides is 1. The van der Waals surface area contributed by atoms with E-state index in [0.29, 0.717) is 26.6 Å². The van der Waals surface area contributed by atoms with E-state index in [4.69, 9.17) is 17.0 Å². The lowest BCUT2D eigenvalue weighted by atomic mass is 10.1. The van der Waals surface area contributed by atoms with E-state index in [9.17, 15) is 14.9 Å². The molecule has 144 valence electrons. The summed E-state index contributed by atoms with van der Waals surface area (Å²) in [4.78, 5) is 25.8. The zero-order valence-corrected chi connectivity index (χ0v) is 17.5.